The van der Waals surface area contributed by atoms with E-state index >= 15 is 0 Å². The molecule has 0 aromatic carbocycles. The van der Waals surface area contributed by atoms with Gasteiger partial charge in [-0.15, -0.1) is 0 Å². The molecule has 1 rings (SSSR count). The summed E-state index contributed by atoms with van der Waals surface area (Å²) in [7, 11) is 0. The highest BCUT2D eigenvalue weighted by Crippen LogP contribution is 2.20. The van der Waals surface area contributed by atoms with Crippen molar-refractivity contribution >= 4 is 17.1 Å². The first kappa shape index (κ1) is 7.48. The molecular weight excluding hydrogens is 144 g/mol. The molecule has 0 aromatic rings. The first-order chi connectivity index (χ1) is 4.63. The summed E-state index contributed by atoms with van der Waals surface area (Å²) in [5.41, 5.74) is 0.918. The average molecular weight is 154 g/mol. The third-order valence-corrected chi connectivity index (χ3v) is 2.23. The van der Waals surface area contributed by atoms with Crippen molar-refractivity contribution in [2.75, 3.05) is 0 Å². The molecule has 0 saturated carbocycles. The van der Waals surface area contributed by atoms with Gasteiger partial charge in [-0.05, 0) is 18.6 Å². The van der Waals surface area contributed by atoms with Crippen molar-refractivity contribution in [1.29, 1.82) is 0 Å². The van der Waals surface area contributed by atoms with Crippen LogP contribution in [0.3, 0.4) is 0 Å². The average Bonchev–Trinajstić information content (AvgIpc) is 1.93. The van der Waals surface area contributed by atoms with Gasteiger partial charge in [0.25, 0.3) is 0 Å². The second-order valence-electron chi connectivity index (χ2n) is 2.53. The summed E-state index contributed by atoms with van der Waals surface area (Å²) in [4.78, 5) is 0.808. The van der Waals surface area contributed by atoms with Crippen molar-refractivity contribution in [3.8, 4) is 0 Å². The van der Waals surface area contributed by atoms with Crippen LogP contribution in [0.15, 0.2) is 23.5 Å². The van der Waals surface area contributed by atoms with E-state index in [4.69, 9.17) is 12.2 Å². The predicted octanol–water partition coefficient (Wildman–Crippen LogP) is 2.39. The monoisotopic (exact) mass is 154 g/mol. The Morgan fingerprint density at radius 2 is 2.10 bits per heavy atom. The van der Waals surface area contributed by atoms with Crippen LogP contribution in [0.1, 0.15) is 13.8 Å². The van der Waals surface area contributed by atoms with E-state index in [1.165, 1.54) is 0 Å². The zero-order chi connectivity index (χ0) is 7.72. The van der Waals surface area contributed by atoms with Crippen molar-refractivity contribution in [3.63, 3.8) is 0 Å². The fourth-order valence-corrected chi connectivity index (χ4v) is 1.09. The molecule has 0 aliphatic heterocycles. The Labute approximate surface area is 66.1 Å². The van der Waals surface area contributed by atoms with Gasteiger partial charge in [-0.2, -0.15) is 0 Å². The van der Waals surface area contributed by atoms with E-state index in [1.807, 2.05) is 26.0 Å². The van der Waals surface area contributed by atoms with Crippen LogP contribution in [0.2, 0.25) is 0 Å². The maximum Gasteiger partial charge on any atom is 0.103 e. The molecule has 1 unspecified atom stereocenters. The van der Waals surface area contributed by atoms with Gasteiger partial charge in [0.1, 0.15) is 5.76 Å². The third kappa shape index (κ3) is 1.12. The second kappa shape index (κ2) is 2.54. The molecule has 2 heteroatoms. The highest BCUT2D eigenvalue weighted by molar-refractivity contribution is 7.80. The molecule has 0 amide bonds. The van der Waals surface area contributed by atoms with Crippen LogP contribution in [-0.4, -0.2) is 9.97 Å². The van der Waals surface area contributed by atoms with Crippen LogP contribution in [0.5, 0.6) is 0 Å². The van der Waals surface area contributed by atoms with Crippen molar-refractivity contribution < 1.29 is 5.11 Å². The molecule has 0 radical (unpaired) electrons. The second-order valence-corrected chi connectivity index (χ2v) is 3.00. The summed E-state index contributed by atoms with van der Waals surface area (Å²) < 4.78 is 0. The number of aliphatic hydroxyl groups excluding tert-OH is 1. The molecule has 0 bridgehead atoms. The lowest BCUT2D eigenvalue weighted by molar-refractivity contribution is 0.368. The summed E-state index contributed by atoms with van der Waals surface area (Å²) in [5.74, 6) is 0.438. The van der Waals surface area contributed by atoms with Gasteiger partial charge in [0.15, 0.2) is 0 Å². The number of allylic oxidation sites excluding steroid dienone is 4. The molecule has 0 aromatic heterocycles. The van der Waals surface area contributed by atoms with Crippen LogP contribution >= 0.6 is 12.2 Å². The van der Waals surface area contributed by atoms with E-state index in [2.05, 4.69) is 0 Å². The van der Waals surface area contributed by atoms with Crippen molar-refractivity contribution in [2.24, 2.45) is 5.92 Å². The summed E-state index contributed by atoms with van der Waals surface area (Å²) in [6, 6.07) is 0. The van der Waals surface area contributed by atoms with Gasteiger partial charge in [-0.3, -0.25) is 0 Å². The zero-order valence-corrected chi connectivity index (χ0v) is 6.90. The normalized spacial score (nSPS) is 25.8. The molecule has 54 valence electrons. The minimum absolute atomic E-state index is 0.0278. The van der Waals surface area contributed by atoms with Crippen molar-refractivity contribution in [2.45, 2.75) is 13.8 Å². The molecule has 0 fully saturated rings. The molecule has 0 spiro atoms. The zero-order valence-electron chi connectivity index (χ0n) is 6.09. The van der Waals surface area contributed by atoms with Gasteiger partial charge in [-0.1, -0.05) is 25.2 Å². The topological polar surface area (TPSA) is 20.2 Å². The predicted molar refractivity (Wildman–Crippen MR) is 46.2 cm³/mol. The van der Waals surface area contributed by atoms with Gasteiger partial charge >= 0.3 is 0 Å². The van der Waals surface area contributed by atoms with Gasteiger partial charge < -0.3 is 5.11 Å². The van der Waals surface area contributed by atoms with E-state index in [9.17, 15) is 5.11 Å². The van der Waals surface area contributed by atoms with Gasteiger partial charge in [0, 0.05) is 10.8 Å². The van der Waals surface area contributed by atoms with Crippen LogP contribution < -0.4 is 0 Å². The van der Waals surface area contributed by atoms with E-state index < -0.39 is 0 Å². The van der Waals surface area contributed by atoms with Crippen LogP contribution in [0.4, 0.5) is 0 Å². The van der Waals surface area contributed by atoms with E-state index in [-0.39, 0.29) is 5.92 Å². The Morgan fingerprint density at radius 1 is 1.50 bits per heavy atom. The maximum atomic E-state index is 9.36. The molecule has 1 atom stereocenters. The van der Waals surface area contributed by atoms with Crippen LogP contribution in [0.25, 0.3) is 0 Å². The summed E-state index contributed by atoms with van der Waals surface area (Å²) in [6.45, 7) is 3.79. The standard InChI is InChI=1S/C8H10OS/c1-5-3-4-7(10)6(2)8(5)9/h3-4,6,9H,1-2H3. The smallest absolute Gasteiger partial charge is 0.103 e. The molecular formula is C8H10OS. The fourth-order valence-electron chi connectivity index (χ4n) is 0.913. The molecule has 0 saturated heterocycles. The lowest BCUT2D eigenvalue weighted by Gasteiger charge is -2.15. The van der Waals surface area contributed by atoms with Gasteiger partial charge in [0.2, 0.25) is 0 Å². The summed E-state index contributed by atoms with van der Waals surface area (Å²) in [6.07, 6.45) is 3.72. The van der Waals surface area contributed by atoms with Gasteiger partial charge in [0.05, 0.1) is 0 Å². The number of hydrogen-bond acceptors (Lipinski definition) is 2. The van der Waals surface area contributed by atoms with Crippen molar-refractivity contribution in [3.05, 3.63) is 23.5 Å². The van der Waals surface area contributed by atoms with Crippen LogP contribution in [0, 0.1) is 5.92 Å². The first-order valence-corrected chi connectivity index (χ1v) is 3.65. The molecule has 10 heavy (non-hydrogen) atoms. The highest BCUT2D eigenvalue weighted by atomic mass is 32.1. The Bertz CT molecular complexity index is 225. The Morgan fingerprint density at radius 3 is 2.60 bits per heavy atom. The minimum Gasteiger partial charge on any atom is -0.511 e. The minimum atomic E-state index is 0.0278. The highest BCUT2D eigenvalue weighted by Gasteiger charge is 2.16. The van der Waals surface area contributed by atoms with E-state index in [1.54, 1.807) is 0 Å². The number of thiocarbonyl (C=S) groups is 1. The maximum absolute atomic E-state index is 9.36. The Balaban J connectivity index is 2.99. The third-order valence-electron chi connectivity index (χ3n) is 1.74. The summed E-state index contributed by atoms with van der Waals surface area (Å²) >= 11 is 4.98. The SMILES string of the molecule is CC1=C(O)C(C)C(=S)C=C1. The molecule has 1 aliphatic rings. The quantitative estimate of drug-likeness (QED) is 0.541. The lowest BCUT2D eigenvalue weighted by Crippen LogP contribution is -2.13. The molecule has 1 nitrogen and oxygen atoms in total. The Hall–Kier alpha value is -0.630. The lowest BCUT2D eigenvalue weighted by atomic mass is 9.96. The number of aliphatic hydroxyl groups is 1. The molecule has 1 N–H and O–H groups in total. The summed E-state index contributed by atoms with van der Waals surface area (Å²) in [5, 5.41) is 9.36. The number of rotatable bonds is 0. The Kier molecular flexibility index (Phi) is 1.90. The number of hydrogen-bond donors (Lipinski definition) is 1. The van der Waals surface area contributed by atoms with Crippen molar-refractivity contribution in [1.82, 2.24) is 0 Å². The van der Waals surface area contributed by atoms with Crippen LogP contribution in [-0.2, 0) is 0 Å². The molecule has 1 aliphatic carbocycles. The fraction of sp³-hybridized carbons (Fsp3) is 0.375. The van der Waals surface area contributed by atoms with E-state index in [0.29, 0.717) is 5.76 Å². The molecule has 0 heterocycles. The largest absolute Gasteiger partial charge is 0.511 e. The first-order valence-electron chi connectivity index (χ1n) is 3.24. The van der Waals surface area contributed by atoms with Gasteiger partial charge in [-0.25, -0.2) is 0 Å². The van der Waals surface area contributed by atoms with E-state index in [0.717, 1.165) is 10.4 Å².